The molecule has 0 saturated carbocycles. The largest absolute Gasteiger partial charge is 0.368 e. The molecule has 2 heterocycles. The van der Waals surface area contributed by atoms with Crippen LogP contribution >= 0.6 is 11.6 Å². The van der Waals surface area contributed by atoms with Crippen molar-refractivity contribution in [1.29, 1.82) is 0 Å². The Balaban J connectivity index is 1.60. The van der Waals surface area contributed by atoms with E-state index in [9.17, 15) is 14.4 Å². The molecule has 1 aromatic rings. The Morgan fingerprint density at radius 2 is 1.89 bits per heavy atom. The number of nitrogens with one attached hydrogen (secondary N) is 1. The van der Waals surface area contributed by atoms with Gasteiger partial charge in [-0.3, -0.25) is 14.5 Å². The molecule has 0 spiro atoms. The van der Waals surface area contributed by atoms with E-state index in [1.54, 1.807) is 11.8 Å². The molecule has 0 aliphatic carbocycles. The number of imide groups is 1. The number of nitrogens with zero attached hydrogens (tertiary/aromatic N) is 3. The summed E-state index contributed by atoms with van der Waals surface area (Å²) >= 11 is 6.11. The number of aryl methyl sites for hydroxylation is 1. The normalized spacial score (nSPS) is 23.0. The molecule has 3 rings (SSSR count). The van der Waals surface area contributed by atoms with Gasteiger partial charge < -0.3 is 15.1 Å². The second kappa shape index (κ2) is 7.38. The van der Waals surface area contributed by atoms with Crippen molar-refractivity contribution >= 4 is 35.1 Å². The van der Waals surface area contributed by atoms with Crippen LogP contribution in [0.3, 0.4) is 0 Å². The number of hydrogen-bond donors (Lipinski definition) is 1. The van der Waals surface area contributed by atoms with Crippen molar-refractivity contribution in [2.45, 2.75) is 32.7 Å². The molecule has 2 saturated heterocycles. The first-order chi connectivity index (χ1) is 12.7. The molecule has 2 aliphatic rings. The van der Waals surface area contributed by atoms with E-state index < -0.39 is 11.6 Å². The molecule has 1 aromatic carbocycles. The van der Waals surface area contributed by atoms with Crippen LogP contribution in [0.2, 0.25) is 5.02 Å². The first-order valence-corrected chi connectivity index (χ1v) is 9.56. The number of piperazine rings is 1. The average molecular weight is 393 g/mol. The van der Waals surface area contributed by atoms with Crippen molar-refractivity contribution in [3.05, 3.63) is 28.8 Å². The van der Waals surface area contributed by atoms with E-state index in [0.29, 0.717) is 37.6 Å². The summed E-state index contributed by atoms with van der Waals surface area (Å²) in [5.41, 5.74) is 1.29. The van der Waals surface area contributed by atoms with Gasteiger partial charge in [0.25, 0.3) is 5.91 Å². The van der Waals surface area contributed by atoms with Gasteiger partial charge in [-0.2, -0.15) is 0 Å². The van der Waals surface area contributed by atoms with Crippen molar-refractivity contribution in [1.82, 2.24) is 15.1 Å². The van der Waals surface area contributed by atoms with Crippen molar-refractivity contribution in [3.8, 4) is 0 Å². The lowest BCUT2D eigenvalue weighted by Crippen LogP contribution is -2.52. The summed E-state index contributed by atoms with van der Waals surface area (Å²) in [6.45, 7) is 7.78. The highest BCUT2D eigenvalue weighted by molar-refractivity contribution is 6.30. The van der Waals surface area contributed by atoms with Crippen molar-refractivity contribution in [2.75, 3.05) is 37.6 Å². The Bertz CT molecular complexity index is 776. The summed E-state index contributed by atoms with van der Waals surface area (Å²) in [5.74, 6) is -0.544. The van der Waals surface area contributed by atoms with Crippen LogP contribution in [0.5, 0.6) is 0 Å². The molecule has 4 amide bonds. The number of benzene rings is 1. The summed E-state index contributed by atoms with van der Waals surface area (Å²) in [6, 6.07) is 5.29. The van der Waals surface area contributed by atoms with E-state index in [-0.39, 0.29) is 18.4 Å². The molecular weight excluding hydrogens is 368 g/mol. The summed E-state index contributed by atoms with van der Waals surface area (Å²) < 4.78 is 0. The maximum atomic E-state index is 12.6. The zero-order valence-electron chi connectivity index (χ0n) is 15.9. The van der Waals surface area contributed by atoms with Crippen LogP contribution in [-0.2, 0) is 9.59 Å². The molecule has 0 aromatic heterocycles. The standard InChI is InChI=1S/C19H25ClN4O3/c1-4-19(3)17(26)24(18(27)21-19)12-16(25)23-9-7-22(8-10-23)15-11-14(20)6-5-13(15)2/h5-6,11H,4,7-10,12H2,1-3H3,(H,21,27)/t19-/m0/s1. The highest BCUT2D eigenvalue weighted by Gasteiger charge is 2.47. The van der Waals surface area contributed by atoms with Crippen molar-refractivity contribution in [3.63, 3.8) is 0 Å². The fourth-order valence-electron chi connectivity index (χ4n) is 3.49. The topological polar surface area (TPSA) is 73.0 Å². The van der Waals surface area contributed by atoms with E-state index in [1.807, 2.05) is 32.0 Å². The van der Waals surface area contributed by atoms with Gasteiger partial charge in [0.2, 0.25) is 5.91 Å². The number of anilines is 1. The van der Waals surface area contributed by atoms with Crippen LogP contribution < -0.4 is 10.2 Å². The van der Waals surface area contributed by atoms with E-state index in [0.717, 1.165) is 16.2 Å². The minimum absolute atomic E-state index is 0.207. The second-order valence-electron chi connectivity index (χ2n) is 7.31. The second-order valence-corrected chi connectivity index (χ2v) is 7.74. The number of halogens is 1. The van der Waals surface area contributed by atoms with Crippen LogP contribution in [0.1, 0.15) is 25.8 Å². The number of hydrogen-bond acceptors (Lipinski definition) is 4. The van der Waals surface area contributed by atoms with Gasteiger partial charge in [0.1, 0.15) is 12.1 Å². The Morgan fingerprint density at radius 1 is 1.22 bits per heavy atom. The molecule has 2 aliphatic heterocycles. The molecule has 1 N–H and O–H groups in total. The first-order valence-electron chi connectivity index (χ1n) is 9.18. The van der Waals surface area contributed by atoms with Gasteiger partial charge in [0.05, 0.1) is 0 Å². The highest BCUT2D eigenvalue weighted by Crippen LogP contribution is 2.25. The molecule has 1 atom stereocenters. The molecule has 8 heteroatoms. The highest BCUT2D eigenvalue weighted by atomic mass is 35.5. The third-order valence-electron chi connectivity index (χ3n) is 5.49. The van der Waals surface area contributed by atoms with Gasteiger partial charge in [-0.25, -0.2) is 4.79 Å². The van der Waals surface area contributed by atoms with Gasteiger partial charge in [-0.1, -0.05) is 24.6 Å². The third-order valence-corrected chi connectivity index (χ3v) is 5.72. The van der Waals surface area contributed by atoms with E-state index in [4.69, 9.17) is 11.6 Å². The predicted octanol–water partition coefficient (Wildman–Crippen LogP) is 2.02. The van der Waals surface area contributed by atoms with E-state index in [1.165, 1.54) is 0 Å². The van der Waals surface area contributed by atoms with Gasteiger partial charge in [-0.05, 0) is 38.0 Å². The number of rotatable bonds is 4. The fourth-order valence-corrected chi connectivity index (χ4v) is 3.65. The minimum Gasteiger partial charge on any atom is -0.368 e. The van der Waals surface area contributed by atoms with Crippen molar-refractivity contribution in [2.24, 2.45) is 0 Å². The number of amides is 4. The maximum Gasteiger partial charge on any atom is 0.325 e. The van der Waals surface area contributed by atoms with Crippen LogP contribution in [0.4, 0.5) is 10.5 Å². The lowest BCUT2D eigenvalue weighted by atomic mass is 9.99. The van der Waals surface area contributed by atoms with Gasteiger partial charge in [0, 0.05) is 36.9 Å². The van der Waals surface area contributed by atoms with Crippen LogP contribution in [0, 0.1) is 6.92 Å². The summed E-state index contributed by atoms with van der Waals surface area (Å²) in [7, 11) is 0. The zero-order valence-corrected chi connectivity index (χ0v) is 16.7. The monoisotopic (exact) mass is 392 g/mol. The summed E-state index contributed by atoms with van der Waals surface area (Å²) in [6.07, 6.45) is 0.486. The van der Waals surface area contributed by atoms with Gasteiger partial charge in [0.15, 0.2) is 0 Å². The Morgan fingerprint density at radius 3 is 2.48 bits per heavy atom. The molecule has 0 bridgehead atoms. The van der Waals surface area contributed by atoms with E-state index >= 15 is 0 Å². The molecule has 7 nitrogen and oxygen atoms in total. The minimum atomic E-state index is -0.917. The zero-order chi connectivity index (χ0) is 19.8. The predicted molar refractivity (Wildman–Crippen MR) is 104 cm³/mol. The Labute approximate surface area is 164 Å². The van der Waals surface area contributed by atoms with E-state index in [2.05, 4.69) is 10.2 Å². The summed E-state index contributed by atoms with van der Waals surface area (Å²) in [4.78, 5) is 42.1. The van der Waals surface area contributed by atoms with Gasteiger partial charge in [-0.15, -0.1) is 0 Å². The molecular formula is C19H25ClN4O3. The molecule has 27 heavy (non-hydrogen) atoms. The fraction of sp³-hybridized carbons (Fsp3) is 0.526. The number of carbonyl (C=O) groups excluding carboxylic acids is 3. The number of urea groups is 1. The molecule has 146 valence electrons. The smallest absolute Gasteiger partial charge is 0.325 e. The first kappa shape index (κ1) is 19.5. The Kier molecular flexibility index (Phi) is 5.33. The summed E-state index contributed by atoms with van der Waals surface area (Å²) in [5, 5.41) is 3.36. The molecule has 0 unspecified atom stereocenters. The lowest BCUT2D eigenvalue weighted by molar-refractivity contribution is -0.139. The quantitative estimate of drug-likeness (QED) is 0.795. The van der Waals surface area contributed by atoms with Crippen molar-refractivity contribution < 1.29 is 14.4 Å². The van der Waals surface area contributed by atoms with Crippen LogP contribution in [-0.4, -0.2) is 65.9 Å². The maximum absolute atomic E-state index is 12.6. The average Bonchev–Trinajstić information content (AvgIpc) is 2.87. The third kappa shape index (κ3) is 3.74. The molecule has 0 radical (unpaired) electrons. The van der Waals surface area contributed by atoms with Crippen LogP contribution in [0.15, 0.2) is 18.2 Å². The van der Waals surface area contributed by atoms with Crippen LogP contribution in [0.25, 0.3) is 0 Å². The molecule has 2 fully saturated rings. The van der Waals surface area contributed by atoms with Gasteiger partial charge >= 0.3 is 6.03 Å². The lowest BCUT2D eigenvalue weighted by Gasteiger charge is -2.37. The number of carbonyl (C=O) groups is 3. The Hall–Kier alpha value is -2.28. The SMILES string of the molecule is CC[C@]1(C)NC(=O)N(CC(=O)N2CCN(c3cc(Cl)ccc3C)CC2)C1=O.